The number of aliphatic carboxylic acids is 1. The fourth-order valence-electron chi connectivity index (χ4n) is 1.10. The molecule has 0 bridgehead atoms. The van der Waals surface area contributed by atoms with E-state index in [0.29, 0.717) is 0 Å². The fourth-order valence-corrected chi connectivity index (χ4v) is 1.87. The monoisotopic (exact) mass is 321 g/mol. The van der Waals surface area contributed by atoms with Crippen molar-refractivity contribution in [3.05, 3.63) is 34.1 Å². The second kappa shape index (κ2) is 6.02. The summed E-state index contributed by atoms with van der Waals surface area (Å²) in [5, 5.41) is 11.0. The lowest BCUT2D eigenvalue weighted by molar-refractivity contribution is -0.138. The third-order valence-electron chi connectivity index (χ3n) is 1.96. The van der Waals surface area contributed by atoms with Gasteiger partial charge in [0.2, 0.25) is 0 Å². The molecule has 1 aromatic carbocycles. The number of carbonyl (C=O) groups is 2. The van der Waals surface area contributed by atoms with Gasteiger partial charge in [0.25, 0.3) is 5.91 Å². The summed E-state index contributed by atoms with van der Waals surface area (Å²) < 4.78 is 13.1. The zero-order chi connectivity index (χ0) is 13.0. The molecular formula is C10H9BrFNO3S. The van der Waals surface area contributed by atoms with Crippen molar-refractivity contribution in [1.29, 1.82) is 0 Å². The van der Waals surface area contributed by atoms with Crippen LogP contribution >= 0.6 is 28.6 Å². The van der Waals surface area contributed by atoms with E-state index in [2.05, 4.69) is 33.9 Å². The van der Waals surface area contributed by atoms with Crippen LogP contribution in [0, 0.1) is 5.82 Å². The van der Waals surface area contributed by atoms with E-state index in [1.54, 1.807) is 0 Å². The summed E-state index contributed by atoms with van der Waals surface area (Å²) in [6.07, 6.45) is 0. The van der Waals surface area contributed by atoms with Crippen LogP contribution in [0.1, 0.15) is 10.4 Å². The highest BCUT2D eigenvalue weighted by molar-refractivity contribution is 9.10. The molecule has 7 heteroatoms. The van der Waals surface area contributed by atoms with E-state index in [9.17, 15) is 14.0 Å². The molecule has 1 amide bonds. The highest BCUT2D eigenvalue weighted by Crippen LogP contribution is 2.18. The lowest BCUT2D eigenvalue weighted by Gasteiger charge is -2.12. The maximum Gasteiger partial charge on any atom is 0.327 e. The molecule has 1 rings (SSSR count). The minimum atomic E-state index is -1.17. The lowest BCUT2D eigenvalue weighted by Crippen LogP contribution is -2.42. The van der Waals surface area contributed by atoms with Crippen molar-refractivity contribution >= 4 is 40.4 Å². The second-order valence-electron chi connectivity index (χ2n) is 3.17. The summed E-state index contributed by atoms with van der Waals surface area (Å²) in [5.74, 6) is -2.29. The van der Waals surface area contributed by atoms with Gasteiger partial charge in [0, 0.05) is 10.2 Å². The first kappa shape index (κ1) is 14.0. The van der Waals surface area contributed by atoms with E-state index in [4.69, 9.17) is 5.11 Å². The third-order valence-corrected chi connectivity index (χ3v) is 2.98. The molecule has 0 heterocycles. The number of carbonyl (C=O) groups excluding carboxylic acids is 1. The van der Waals surface area contributed by atoms with Crippen LogP contribution in [0.3, 0.4) is 0 Å². The SMILES string of the molecule is O=C(NC(CS)C(=O)O)c1ccc(F)cc1Br. The summed E-state index contributed by atoms with van der Waals surface area (Å²) >= 11 is 6.85. The summed E-state index contributed by atoms with van der Waals surface area (Å²) in [4.78, 5) is 22.4. The average molecular weight is 322 g/mol. The van der Waals surface area contributed by atoms with Crippen LogP contribution in [-0.4, -0.2) is 28.8 Å². The molecule has 0 saturated carbocycles. The standard InChI is InChI=1S/C10H9BrFNO3S/c11-7-3-5(12)1-2-6(7)9(14)13-8(4-17)10(15)16/h1-3,8,17H,4H2,(H,13,14)(H,15,16). The number of hydrogen-bond acceptors (Lipinski definition) is 3. The van der Waals surface area contributed by atoms with Crippen LogP contribution in [0.25, 0.3) is 0 Å². The molecule has 0 fully saturated rings. The molecule has 92 valence electrons. The molecule has 1 atom stereocenters. The van der Waals surface area contributed by atoms with Crippen molar-refractivity contribution in [1.82, 2.24) is 5.32 Å². The molecule has 17 heavy (non-hydrogen) atoms. The Hall–Kier alpha value is -1.08. The summed E-state index contributed by atoms with van der Waals surface area (Å²) in [5.41, 5.74) is 0.166. The number of amides is 1. The zero-order valence-electron chi connectivity index (χ0n) is 8.48. The van der Waals surface area contributed by atoms with Gasteiger partial charge < -0.3 is 10.4 Å². The van der Waals surface area contributed by atoms with Gasteiger partial charge in [-0.3, -0.25) is 4.79 Å². The third kappa shape index (κ3) is 3.71. The Morgan fingerprint density at radius 1 is 1.53 bits per heavy atom. The first-order valence-electron chi connectivity index (χ1n) is 4.55. The van der Waals surface area contributed by atoms with Gasteiger partial charge in [-0.15, -0.1) is 0 Å². The fraction of sp³-hybridized carbons (Fsp3) is 0.200. The molecule has 0 aliphatic heterocycles. The molecule has 0 aliphatic rings. The van der Waals surface area contributed by atoms with Gasteiger partial charge in [0.15, 0.2) is 0 Å². The van der Waals surface area contributed by atoms with Gasteiger partial charge in [-0.25, -0.2) is 9.18 Å². The molecule has 0 spiro atoms. The van der Waals surface area contributed by atoms with E-state index in [1.165, 1.54) is 6.07 Å². The van der Waals surface area contributed by atoms with Gasteiger partial charge in [-0.2, -0.15) is 12.6 Å². The molecule has 0 saturated heterocycles. The van der Waals surface area contributed by atoms with Gasteiger partial charge in [-0.05, 0) is 34.1 Å². The maximum atomic E-state index is 12.8. The van der Waals surface area contributed by atoms with Crippen molar-refractivity contribution in [2.24, 2.45) is 0 Å². The molecule has 2 N–H and O–H groups in total. The van der Waals surface area contributed by atoms with Crippen LogP contribution in [0.2, 0.25) is 0 Å². The number of hydrogen-bond donors (Lipinski definition) is 3. The first-order chi connectivity index (χ1) is 7.95. The van der Waals surface area contributed by atoms with Crippen molar-refractivity contribution in [2.45, 2.75) is 6.04 Å². The topological polar surface area (TPSA) is 66.4 Å². The normalized spacial score (nSPS) is 11.9. The Kier molecular flexibility index (Phi) is 4.95. The van der Waals surface area contributed by atoms with Gasteiger partial charge in [0.05, 0.1) is 5.56 Å². The van der Waals surface area contributed by atoms with E-state index in [0.717, 1.165) is 12.1 Å². The Morgan fingerprint density at radius 2 is 2.18 bits per heavy atom. The second-order valence-corrected chi connectivity index (χ2v) is 4.39. The van der Waals surface area contributed by atoms with Gasteiger partial charge in [0.1, 0.15) is 11.9 Å². The number of halogens is 2. The van der Waals surface area contributed by atoms with Crippen molar-refractivity contribution in [3.8, 4) is 0 Å². The van der Waals surface area contributed by atoms with Crippen molar-refractivity contribution < 1.29 is 19.1 Å². The molecule has 0 aliphatic carbocycles. The maximum absolute atomic E-state index is 12.8. The van der Waals surface area contributed by atoms with Crippen LogP contribution in [-0.2, 0) is 4.79 Å². The average Bonchev–Trinajstić information content (AvgIpc) is 2.24. The minimum absolute atomic E-state index is 0.0279. The lowest BCUT2D eigenvalue weighted by atomic mass is 10.2. The van der Waals surface area contributed by atoms with Crippen LogP contribution < -0.4 is 5.32 Å². The largest absolute Gasteiger partial charge is 0.480 e. The highest BCUT2D eigenvalue weighted by Gasteiger charge is 2.20. The van der Waals surface area contributed by atoms with E-state index < -0.39 is 23.7 Å². The molecule has 1 unspecified atom stereocenters. The zero-order valence-corrected chi connectivity index (χ0v) is 11.0. The number of carboxylic acid groups (broad SMARTS) is 1. The smallest absolute Gasteiger partial charge is 0.327 e. The van der Waals surface area contributed by atoms with Crippen LogP contribution in [0.4, 0.5) is 4.39 Å². The quantitative estimate of drug-likeness (QED) is 0.739. The van der Waals surface area contributed by atoms with Crippen LogP contribution in [0.15, 0.2) is 22.7 Å². The van der Waals surface area contributed by atoms with Gasteiger partial charge in [-0.1, -0.05) is 0 Å². The summed E-state index contributed by atoms with van der Waals surface area (Å²) in [7, 11) is 0. The number of rotatable bonds is 4. The molecule has 4 nitrogen and oxygen atoms in total. The van der Waals surface area contributed by atoms with Crippen LogP contribution in [0.5, 0.6) is 0 Å². The number of nitrogens with one attached hydrogen (secondary N) is 1. The highest BCUT2D eigenvalue weighted by atomic mass is 79.9. The van der Waals surface area contributed by atoms with Crippen molar-refractivity contribution in [2.75, 3.05) is 5.75 Å². The Labute approximate surface area is 111 Å². The number of carboxylic acids is 1. The predicted octanol–water partition coefficient (Wildman–Crippen LogP) is 1.70. The van der Waals surface area contributed by atoms with E-state index >= 15 is 0 Å². The number of benzene rings is 1. The molecule has 1 aromatic rings. The summed E-state index contributed by atoms with van der Waals surface area (Å²) in [6, 6.07) is 2.44. The minimum Gasteiger partial charge on any atom is -0.480 e. The summed E-state index contributed by atoms with van der Waals surface area (Å²) in [6.45, 7) is 0. The van der Waals surface area contributed by atoms with E-state index in [-0.39, 0.29) is 15.8 Å². The first-order valence-corrected chi connectivity index (χ1v) is 5.98. The Balaban J connectivity index is 2.86. The molecule has 0 aromatic heterocycles. The Morgan fingerprint density at radius 3 is 2.65 bits per heavy atom. The van der Waals surface area contributed by atoms with E-state index in [1.807, 2.05) is 0 Å². The van der Waals surface area contributed by atoms with Crippen molar-refractivity contribution in [3.63, 3.8) is 0 Å². The van der Waals surface area contributed by atoms with Gasteiger partial charge >= 0.3 is 5.97 Å². The number of thiol groups is 1. The Bertz CT molecular complexity index is 455. The molecule has 0 radical (unpaired) electrons. The molecular weight excluding hydrogens is 313 g/mol. The predicted molar refractivity (Wildman–Crippen MR) is 66.8 cm³/mol.